The molecule has 1 N–H and O–H groups in total. The largest absolute Gasteiger partial charge is 0.345 e. The molecule has 10 nitrogen and oxygen atoms in total. The van der Waals surface area contributed by atoms with Crippen molar-refractivity contribution in [2.75, 3.05) is 30.3 Å². The second-order valence-electron chi connectivity index (χ2n) is 10.8. The Hall–Kier alpha value is -4.00. The number of carbonyl (C=O) groups excluding carboxylic acids is 2. The van der Waals surface area contributed by atoms with Gasteiger partial charge < -0.3 is 10.2 Å². The second kappa shape index (κ2) is 14.0. The fraction of sp³-hybridized carbons (Fsp3) is 0.333. The maximum absolute atomic E-state index is 13.4. The summed E-state index contributed by atoms with van der Waals surface area (Å²) >= 11 is 1.32. The number of carbonyl (C=O) groups is 2. The molecule has 4 aromatic rings. The summed E-state index contributed by atoms with van der Waals surface area (Å²) in [6.07, 6.45) is 1.88. The van der Waals surface area contributed by atoms with Crippen molar-refractivity contribution in [3.05, 3.63) is 94.8 Å². The monoisotopic (exact) mass is 646 g/mol. The van der Waals surface area contributed by atoms with E-state index in [-0.39, 0.29) is 29.0 Å². The minimum absolute atomic E-state index is 0.00368. The number of benzene rings is 3. The Kier molecular flexibility index (Phi) is 10.1. The van der Waals surface area contributed by atoms with Crippen molar-refractivity contribution >= 4 is 39.3 Å². The van der Waals surface area contributed by atoms with E-state index in [0.29, 0.717) is 36.2 Å². The number of aryl methyl sites for hydroxylation is 2. The lowest BCUT2D eigenvalue weighted by molar-refractivity contribution is -0.116. The van der Waals surface area contributed by atoms with Crippen LogP contribution in [0, 0.1) is 13.8 Å². The molecule has 12 heteroatoms. The fourth-order valence-electron chi connectivity index (χ4n) is 5.48. The third kappa shape index (κ3) is 6.82. The molecule has 0 saturated heterocycles. The van der Waals surface area contributed by atoms with Crippen LogP contribution in [0.1, 0.15) is 53.1 Å². The SMILES string of the molecule is CCN(CC)S(=O)(=O)c1ccc(C(=O)NCc2nnc(SCC(=O)N3CCCc4ccccc43)n2-c2cccc(C)c2C)cc1. The lowest BCUT2D eigenvalue weighted by atomic mass is 10.0. The molecule has 0 bridgehead atoms. The van der Waals surface area contributed by atoms with Gasteiger partial charge in [0.25, 0.3) is 5.91 Å². The quantitative estimate of drug-likeness (QED) is 0.230. The molecule has 0 spiro atoms. The molecule has 0 aliphatic carbocycles. The highest BCUT2D eigenvalue weighted by atomic mass is 32.2. The molecule has 236 valence electrons. The zero-order valence-electron chi connectivity index (χ0n) is 26.0. The van der Waals surface area contributed by atoms with Gasteiger partial charge in [0, 0.05) is 30.9 Å². The Morgan fingerprint density at radius 2 is 1.64 bits per heavy atom. The molecule has 2 amide bonds. The molecule has 0 unspecified atom stereocenters. The molecule has 0 radical (unpaired) electrons. The van der Waals surface area contributed by atoms with Crippen LogP contribution in [0.3, 0.4) is 0 Å². The zero-order chi connectivity index (χ0) is 32.1. The van der Waals surface area contributed by atoms with Crippen LogP contribution in [0.2, 0.25) is 0 Å². The Bertz CT molecular complexity index is 1800. The summed E-state index contributed by atoms with van der Waals surface area (Å²) in [4.78, 5) is 28.5. The molecule has 3 aromatic carbocycles. The maximum Gasteiger partial charge on any atom is 0.251 e. The van der Waals surface area contributed by atoms with Crippen LogP contribution in [0.5, 0.6) is 0 Å². The standard InChI is InChI=1S/C33H38N6O4S2/c1-5-37(6-2)45(42,43)27-18-16-26(17-19-27)32(41)34-21-30-35-36-33(39(30)28-15-9-11-23(3)24(28)4)44-22-31(40)38-20-10-13-25-12-7-8-14-29(25)38/h7-9,11-12,14-19H,5-6,10,13,20-22H2,1-4H3,(H,34,41). The number of hydrogen-bond donors (Lipinski definition) is 1. The van der Waals surface area contributed by atoms with Crippen LogP contribution in [-0.2, 0) is 27.8 Å². The first-order valence-corrected chi connectivity index (χ1v) is 17.5. The molecular weight excluding hydrogens is 609 g/mol. The summed E-state index contributed by atoms with van der Waals surface area (Å²) in [7, 11) is -3.62. The average Bonchev–Trinajstić information content (AvgIpc) is 3.46. The van der Waals surface area contributed by atoms with Crippen molar-refractivity contribution in [1.82, 2.24) is 24.4 Å². The van der Waals surface area contributed by atoms with Crippen LogP contribution in [0.4, 0.5) is 5.69 Å². The average molecular weight is 647 g/mol. The molecule has 45 heavy (non-hydrogen) atoms. The predicted octanol–water partition coefficient (Wildman–Crippen LogP) is 4.92. The Morgan fingerprint density at radius 3 is 2.38 bits per heavy atom. The van der Waals surface area contributed by atoms with Gasteiger partial charge in [-0.25, -0.2) is 8.42 Å². The van der Waals surface area contributed by atoms with Gasteiger partial charge in [-0.05, 0) is 79.8 Å². The number of amides is 2. The van der Waals surface area contributed by atoms with Gasteiger partial charge >= 0.3 is 0 Å². The van der Waals surface area contributed by atoms with Gasteiger partial charge in [-0.3, -0.25) is 14.2 Å². The molecule has 0 saturated carbocycles. The van der Waals surface area contributed by atoms with Crippen LogP contribution in [0.15, 0.2) is 76.8 Å². The third-order valence-corrected chi connectivity index (χ3v) is 11.1. The maximum atomic E-state index is 13.4. The van der Waals surface area contributed by atoms with Crippen molar-refractivity contribution < 1.29 is 18.0 Å². The van der Waals surface area contributed by atoms with E-state index in [1.807, 2.05) is 59.7 Å². The van der Waals surface area contributed by atoms with E-state index >= 15 is 0 Å². The first-order valence-electron chi connectivity index (χ1n) is 15.1. The molecule has 1 aliphatic heterocycles. The lowest BCUT2D eigenvalue weighted by Crippen LogP contribution is -2.36. The summed E-state index contributed by atoms with van der Waals surface area (Å²) < 4.78 is 28.9. The fourth-order valence-corrected chi connectivity index (χ4v) is 7.78. The summed E-state index contributed by atoms with van der Waals surface area (Å²) in [5.41, 5.74) is 5.47. The van der Waals surface area contributed by atoms with Gasteiger partial charge in [-0.1, -0.05) is 55.9 Å². The number of sulfonamides is 1. The molecule has 1 aliphatic rings. The first-order chi connectivity index (χ1) is 21.6. The first kappa shape index (κ1) is 32.4. The number of para-hydroxylation sites is 1. The summed E-state index contributed by atoms with van der Waals surface area (Å²) in [5.74, 6) is 0.331. The van der Waals surface area contributed by atoms with Crippen molar-refractivity contribution in [2.45, 2.75) is 57.1 Å². The Balaban J connectivity index is 1.34. The second-order valence-corrected chi connectivity index (χ2v) is 13.7. The van der Waals surface area contributed by atoms with Gasteiger partial charge in [-0.2, -0.15) is 4.31 Å². The highest BCUT2D eigenvalue weighted by Gasteiger charge is 2.25. The number of nitrogens with zero attached hydrogens (tertiary/aromatic N) is 5. The molecular formula is C33H38N6O4S2. The van der Waals surface area contributed by atoms with Crippen molar-refractivity contribution in [3.63, 3.8) is 0 Å². The lowest BCUT2D eigenvalue weighted by Gasteiger charge is -2.29. The van der Waals surface area contributed by atoms with Crippen molar-refractivity contribution in [2.24, 2.45) is 0 Å². The zero-order valence-corrected chi connectivity index (χ0v) is 27.6. The van der Waals surface area contributed by atoms with Crippen LogP contribution in [-0.4, -0.2) is 64.7 Å². The number of rotatable bonds is 11. The third-order valence-electron chi connectivity index (χ3n) is 8.12. The van der Waals surface area contributed by atoms with Crippen molar-refractivity contribution in [1.29, 1.82) is 0 Å². The van der Waals surface area contributed by atoms with E-state index in [1.54, 1.807) is 13.8 Å². The number of aromatic nitrogens is 3. The van der Waals surface area contributed by atoms with E-state index in [4.69, 9.17) is 0 Å². The Labute approximate surface area is 268 Å². The van der Waals surface area contributed by atoms with Crippen LogP contribution >= 0.6 is 11.8 Å². The summed E-state index contributed by atoms with van der Waals surface area (Å²) in [6.45, 7) is 9.10. The van der Waals surface area contributed by atoms with Crippen LogP contribution < -0.4 is 10.2 Å². The van der Waals surface area contributed by atoms with Gasteiger partial charge in [0.15, 0.2) is 11.0 Å². The summed E-state index contributed by atoms with van der Waals surface area (Å²) in [5, 5.41) is 12.3. The molecule has 5 rings (SSSR count). The molecule has 0 fully saturated rings. The number of hydrogen-bond acceptors (Lipinski definition) is 7. The topological polar surface area (TPSA) is 118 Å². The van der Waals surface area contributed by atoms with E-state index in [0.717, 1.165) is 35.3 Å². The van der Waals surface area contributed by atoms with Crippen LogP contribution in [0.25, 0.3) is 5.69 Å². The highest BCUT2D eigenvalue weighted by molar-refractivity contribution is 7.99. The minimum Gasteiger partial charge on any atom is -0.345 e. The van der Waals surface area contributed by atoms with E-state index in [2.05, 4.69) is 21.6 Å². The van der Waals surface area contributed by atoms with Gasteiger partial charge in [0.1, 0.15) is 0 Å². The summed E-state index contributed by atoms with van der Waals surface area (Å²) in [6, 6.07) is 19.9. The Morgan fingerprint density at radius 1 is 0.933 bits per heavy atom. The van der Waals surface area contributed by atoms with E-state index in [9.17, 15) is 18.0 Å². The number of fused-ring (bicyclic) bond motifs is 1. The number of nitrogens with one attached hydrogen (secondary N) is 1. The highest BCUT2D eigenvalue weighted by Crippen LogP contribution is 2.30. The molecule has 0 atom stereocenters. The van der Waals surface area contributed by atoms with Gasteiger partial charge in [0.05, 0.1) is 22.9 Å². The van der Waals surface area contributed by atoms with E-state index < -0.39 is 10.0 Å². The number of thioether (sulfide) groups is 1. The van der Waals surface area contributed by atoms with Crippen molar-refractivity contribution in [3.8, 4) is 5.69 Å². The van der Waals surface area contributed by atoms with Gasteiger partial charge in [0.2, 0.25) is 15.9 Å². The smallest absolute Gasteiger partial charge is 0.251 e. The van der Waals surface area contributed by atoms with Gasteiger partial charge in [-0.15, -0.1) is 10.2 Å². The molecule has 1 aromatic heterocycles. The number of anilines is 1. The van der Waals surface area contributed by atoms with E-state index in [1.165, 1.54) is 45.9 Å². The minimum atomic E-state index is -3.62. The normalized spacial score (nSPS) is 13.1. The predicted molar refractivity (Wildman–Crippen MR) is 176 cm³/mol. The molecule has 2 heterocycles.